The van der Waals surface area contributed by atoms with Crippen LogP contribution in [0.3, 0.4) is 0 Å². The molecule has 0 unspecified atom stereocenters. The normalized spacial score (nSPS) is 30.6. The number of piperazine rings is 1. The van der Waals surface area contributed by atoms with Crippen molar-refractivity contribution >= 4 is 22.9 Å². The van der Waals surface area contributed by atoms with Gasteiger partial charge in [0.1, 0.15) is 0 Å². The van der Waals surface area contributed by atoms with Gasteiger partial charge in [0.2, 0.25) is 0 Å². The van der Waals surface area contributed by atoms with E-state index in [4.69, 9.17) is 0 Å². The van der Waals surface area contributed by atoms with E-state index >= 15 is 0 Å². The second-order valence-corrected chi connectivity index (χ2v) is 7.93. The van der Waals surface area contributed by atoms with Crippen molar-refractivity contribution in [2.45, 2.75) is 18.9 Å². The van der Waals surface area contributed by atoms with E-state index in [1.807, 2.05) is 0 Å². The molecule has 5 heteroatoms. The second-order valence-electron chi connectivity index (χ2n) is 6.56. The molecule has 3 rings (SSSR count). The lowest BCUT2D eigenvalue weighted by molar-refractivity contribution is 0.0490. The van der Waals surface area contributed by atoms with Crippen LogP contribution in [0.15, 0.2) is 0 Å². The van der Waals surface area contributed by atoms with Crippen LogP contribution in [0.5, 0.6) is 0 Å². The molecule has 0 spiro atoms. The maximum atomic E-state index is 2.76. The van der Waals surface area contributed by atoms with Crippen LogP contribution in [0.1, 0.15) is 12.8 Å². The number of rotatable bonds is 3. The van der Waals surface area contributed by atoms with Crippen molar-refractivity contribution in [3.8, 4) is 0 Å². The van der Waals surface area contributed by atoms with E-state index < -0.39 is 0 Å². The first-order valence-electron chi connectivity index (χ1n) is 7.76. The molecule has 3 aliphatic rings. The summed E-state index contributed by atoms with van der Waals surface area (Å²) in [6, 6.07) is 0.867. The van der Waals surface area contributed by atoms with Crippen LogP contribution in [0, 0.1) is 5.92 Å². The number of hydrogen-bond acceptors (Lipinski definition) is 4. The van der Waals surface area contributed by atoms with Gasteiger partial charge in [-0.2, -0.15) is 0 Å². The highest BCUT2D eigenvalue weighted by atomic mass is 127. The Hall–Kier alpha value is 0.570. The fourth-order valence-corrected chi connectivity index (χ4v) is 4.77. The molecule has 4 nitrogen and oxygen atoms in total. The Morgan fingerprint density at radius 2 is 1.58 bits per heavy atom. The summed E-state index contributed by atoms with van der Waals surface area (Å²) in [6.45, 7) is 11.7. The summed E-state index contributed by atoms with van der Waals surface area (Å²) in [5, 5.41) is 0. The summed E-state index contributed by atoms with van der Waals surface area (Å²) < 4.78 is 2.40. The molecule has 0 aromatic heterocycles. The van der Waals surface area contributed by atoms with Crippen molar-refractivity contribution in [3.63, 3.8) is 0 Å². The quantitative estimate of drug-likeness (QED) is 0.536. The minimum Gasteiger partial charge on any atom is -0.306 e. The molecule has 0 amide bonds. The molecule has 0 bridgehead atoms. The SMILES string of the molecule is CN1CCC(N2CCN(CC3CN(I)C3)CC2)CC1. The lowest BCUT2D eigenvalue weighted by atomic mass is 10.0. The van der Waals surface area contributed by atoms with Gasteiger partial charge in [0.25, 0.3) is 0 Å². The Morgan fingerprint density at radius 1 is 0.947 bits per heavy atom. The van der Waals surface area contributed by atoms with E-state index in [0.29, 0.717) is 0 Å². The lowest BCUT2D eigenvalue weighted by Crippen LogP contribution is -2.55. The first kappa shape index (κ1) is 14.5. The van der Waals surface area contributed by atoms with E-state index in [2.05, 4.69) is 47.7 Å². The molecule has 110 valence electrons. The van der Waals surface area contributed by atoms with Gasteiger partial charge in [-0.15, -0.1) is 0 Å². The molecule has 0 saturated carbocycles. The van der Waals surface area contributed by atoms with Gasteiger partial charge in [0.15, 0.2) is 0 Å². The highest BCUT2D eigenvalue weighted by molar-refractivity contribution is 14.1. The van der Waals surface area contributed by atoms with E-state index in [-0.39, 0.29) is 0 Å². The summed E-state index contributed by atoms with van der Waals surface area (Å²) >= 11 is 2.44. The molecule has 0 radical (unpaired) electrons. The molecule has 0 aromatic rings. The van der Waals surface area contributed by atoms with Gasteiger partial charge < -0.3 is 9.80 Å². The van der Waals surface area contributed by atoms with Crippen molar-refractivity contribution in [1.82, 2.24) is 17.8 Å². The van der Waals surface area contributed by atoms with Gasteiger partial charge in [0.05, 0.1) is 0 Å². The fourth-order valence-electron chi connectivity index (χ4n) is 3.66. The zero-order valence-corrected chi connectivity index (χ0v) is 14.3. The molecule has 3 aliphatic heterocycles. The average molecular weight is 378 g/mol. The van der Waals surface area contributed by atoms with Gasteiger partial charge in [-0.25, -0.2) is 3.11 Å². The smallest absolute Gasteiger partial charge is 0.0201 e. The minimum absolute atomic E-state index is 0.867. The molecule has 19 heavy (non-hydrogen) atoms. The van der Waals surface area contributed by atoms with Crippen LogP contribution in [0.2, 0.25) is 0 Å². The van der Waals surface area contributed by atoms with Crippen LogP contribution >= 0.6 is 22.9 Å². The predicted molar refractivity (Wildman–Crippen MR) is 87.6 cm³/mol. The fraction of sp³-hybridized carbons (Fsp3) is 1.00. The van der Waals surface area contributed by atoms with Crippen molar-refractivity contribution in [3.05, 3.63) is 0 Å². The van der Waals surface area contributed by atoms with Crippen molar-refractivity contribution in [1.29, 1.82) is 0 Å². The van der Waals surface area contributed by atoms with Crippen LogP contribution < -0.4 is 0 Å². The van der Waals surface area contributed by atoms with Crippen molar-refractivity contribution < 1.29 is 0 Å². The number of piperidine rings is 1. The number of likely N-dealkylation sites (tertiary alicyclic amines) is 1. The molecule has 3 saturated heterocycles. The molecule has 0 atom stereocenters. The maximum absolute atomic E-state index is 2.76. The van der Waals surface area contributed by atoms with Gasteiger partial charge in [0, 0.05) is 74.7 Å². The molecular formula is C14H27IN4. The summed E-state index contributed by atoms with van der Waals surface area (Å²) in [5.74, 6) is 0.937. The van der Waals surface area contributed by atoms with Gasteiger partial charge >= 0.3 is 0 Å². The number of halogens is 1. The van der Waals surface area contributed by atoms with Crippen molar-refractivity contribution in [2.24, 2.45) is 5.92 Å². The molecule has 0 aromatic carbocycles. The van der Waals surface area contributed by atoms with Crippen LogP contribution in [0.25, 0.3) is 0 Å². The van der Waals surface area contributed by atoms with Gasteiger partial charge in [-0.1, -0.05) is 0 Å². The highest BCUT2D eigenvalue weighted by Crippen LogP contribution is 2.22. The second kappa shape index (κ2) is 6.56. The van der Waals surface area contributed by atoms with E-state index in [1.165, 1.54) is 71.7 Å². The zero-order chi connectivity index (χ0) is 13.2. The largest absolute Gasteiger partial charge is 0.306 e. The Kier molecular flexibility index (Phi) is 5.01. The van der Waals surface area contributed by atoms with E-state index in [9.17, 15) is 0 Å². The van der Waals surface area contributed by atoms with Crippen molar-refractivity contribution in [2.75, 3.05) is 66.0 Å². The molecule has 0 N–H and O–H groups in total. The summed E-state index contributed by atoms with van der Waals surface area (Å²) in [4.78, 5) is 7.92. The third-order valence-corrected chi connectivity index (χ3v) is 5.83. The third kappa shape index (κ3) is 3.81. The number of hydrogen-bond donors (Lipinski definition) is 0. The maximum Gasteiger partial charge on any atom is 0.0201 e. The van der Waals surface area contributed by atoms with Crippen LogP contribution in [-0.4, -0.2) is 89.8 Å². The predicted octanol–water partition coefficient (Wildman–Crippen LogP) is 0.980. The summed E-state index contributed by atoms with van der Waals surface area (Å²) in [6.07, 6.45) is 2.76. The molecular weight excluding hydrogens is 351 g/mol. The highest BCUT2D eigenvalue weighted by Gasteiger charge is 2.30. The average Bonchev–Trinajstić information content (AvgIpc) is 2.39. The third-order valence-electron chi connectivity index (χ3n) is 5.04. The molecule has 3 heterocycles. The van der Waals surface area contributed by atoms with Gasteiger partial charge in [-0.3, -0.25) is 4.90 Å². The van der Waals surface area contributed by atoms with Gasteiger partial charge in [-0.05, 0) is 38.9 Å². The Bertz CT molecular complexity index is 279. The Balaban J connectivity index is 1.37. The molecule has 3 fully saturated rings. The minimum atomic E-state index is 0.867. The van der Waals surface area contributed by atoms with E-state index in [0.717, 1.165) is 12.0 Å². The van der Waals surface area contributed by atoms with Crippen LogP contribution in [0.4, 0.5) is 0 Å². The summed E-state index contributed by atoms with van der Waals surface area (Å²) in [5.41, 5.74) is 0. The first-order valence-corrected chi connectivity index (χ1v) is 8.73. The monoisotopic (exact) mass is 378 g/mol. The Labute approximate surface area is 131 Å². The first-order chi connectivity index (χ1) is 9.20. The standard InChI is InChI=1S/C14H27IN4/c1-16-4-2-14(3-5-16)18-8-6-17(7-9-18)10-13-11-19(15)12-13/h13-14H,2-12H2,1H3. The topological polar surface area (TPSA) is 13.0 Å². The number of nitrogens with zero attached hydrogens (tertiary/aromatic N) is 4. The molecule has 0 aliphatic carbocycles. The van der Waals surface area contributed by atoms with E-state index in [1.54, 1.807) is 0 Å². The lowest BCUT2D eigenvalue weighted by Gasteiger charge is -2.44. The summed E-state index contributed by atoms with van der Waals surface area (Å²) in [7, 11) is 2.25. The van der Waals surface area contributed by atoms with Crippen LogP contribution in [-0.2, 0) is 0 Å². The Morgan fingerprint density at radius 3 is 2.16 bits per heavy atom. The zero-order valence-electron chi connectivity index (χ0n) is 12.1.